The maximum atomic E-state index is 13.0. The zero-order chi connectivity index (χ0) is 16.3. The summed E-state index contributed by atoms with van der Waals surface area (Å²) >= 11 is 5.71. The normalized spacial score (nSPS) is 22.5. The van der Waals surface area contributed by atoms with Crippen molar-refractivity contribution in [1.29, 1.82) is 0 Å². The van der Waals surface area contributed by atoms with Gasteiger partial charge in [0.05, 0.1) is 0 Å². The van der Waals surface area contributed by atoms with E-state index in [0.29, 0.717) is 10.8 Å². The third-order valence-electron chi connectivity index (χ3n) is 3.49. The summed E-state index contributed by atoms with van der Waals surface area (Å²) in [5.41, 5.74) is 5.68. The Bertz CT molecular complexity index is 522. The van der Waals surface area contributed by atoms with Gasteiger partial charge in [-0.2, -0.15) is 13.2 Å². The van der Waals surface area contributed by atoms with Gasteiger partial charge in [0.2, 0.25) is 0 Å². The molecule has 0 unspecified atom stereocenters. The monoisotopic (exact) mass is 336 g/mol. The SMILES string of the molecule is N[C@H]1CC[C@@H](C(F)(F)F)N(C(=O)COc2ccc(Cl)cc2)C1. The Morgan fingerprint density at radius 3 is 2.55 bits per heavy atom. The molecule has 1 aromatic rings. The molecular weight excluding hydrogens is 321 g/mol. The van der Waals surface area contributed by atoms with Gasteiger partial charge in [0.25, 0.3) is 5.91 Å². The van der Waals surface area contributed by atoms with Crippen LogP contribution in [0.15, 0.2) is 24.3 Å². The number of nitrogens with two attached hydrogens (primary N) is 1. The predicted octanol–water partition coefficient (Wildman–Crippen LogP) is 2.60. The molecule has 1 saturated heterocycles. The highest BCUT2D eigenvalue weighted by Crippen LogP contribution is 2.31. The number of hydrogen-bond donors (Lipinski definition) is 1. The first-order valence-electron chi connectivity index (χ1n) is 6.77. The lowest BCUT2D eigenvalue weighted by Gasteiger charge is -2.39. The van der Waals surface area contributed by atoms with Crippen molar-refractivity contribution in [3.63, 3.8) is 0 Å². The van der Waals surface area contributed by atoms with E-state index in [1.807, 2.05) is 0 Å². The summed E-state index contributed by atoms with van der Waals surface area (Å²) in [5.74, 6) is -0.366. The van der Waals surface area contributed by atoms with Crippen LogP contribution in [-0.4, -0.2) is 42.2 Å². The van der Waals surface area contributed by atoms with E-state index < -0.39 is 30.8 Å². The van der Waals surface area contributed by atoms with Crippen LogP contribution in [0.5, 0.6) is 5.75 Å². The number of halogens is 4. The molecule has 0 spiro atoms. The van der Waals surface area contributed by atoms with E-state index in [4.69, 9.17) is 22.1 Å². The van der Waals surface area contributed by atoms with Gasteiger partial charge in [-0.3, -0.25) is 4.79 Å². The van der Waals surface area contributed by atoms with Crippen LogP contribution in [-0.2, 0) is 4.79 Å². The molecule has 0 aromatic heterocycles. The Labute approximate surface area is 131 Å². The summed E-state index contributed by atoms with van der Waals surface area (Å²) in [5, 5.41) is 0.498. The predicted molar refractivity (Wildman–Crippen MR) is 75.7 cm³/mol. The van der Waals surface area contributed by atoms with Crippen LogP contribution in [0.2, 0.25) is 5.02 Å². The van der Waals surface area contributed by atoms with Gasteiger partial charge in [0.15, 0.2) is 6.61 Å². The second-order valence-electron chi connectivity index (χ2n) is 5.18. The number of nitrogens with zero attached hydrogens (tertiary/aromatic N) is 1. The molecule has 4 nitrogen and oxygen atoms in total. The van der Waals surface area contributed by atoms with E-state index in [1.54, 1.807) is 24.3 Å². The molecule has 22 heavy (non-hydrogen) atoms. The number of piperidine rings is 1. The molecule has 0 aliphatic carbocycles. The Balaban J connectivity index is 2.00. The number of hydrogen-bond acceptors (Lipinski definition) is 3. The van der Waals surface area contributed by atoms with Crippen molar-refractivity contribution in [2.45, 2.75) is 31.1 Å². The summed E-state index contributed by atoms with van der Waals surface area (Å²) in [7, 11) is 0. The second kappa shape index (κ2) is 6.75. The first-order chi connectivity index (χ1) is 10.3. The van der Waals surface area contributed by atoms with E-state index in [9.17, 15) is 18.0 Å². The summed E-state index contributed by atoms with van der Waals surface area (Å²) in [6.45, 7) is -0.589. The van der Waals surface area contributed by atoms with Crippen LogP contribution >= 0.6 is 11.6 Å². The molecule has 2 N–H and O–H groups in total. The smallest absolute Gasteiger partial charge is 0.408 e. The summed E-state index contributed by atoms with van der Waals surface area (Å²) in [4.78, 5) is 12.8. The lowest BCUT2D eigenvalue weighted by molar-refractivity contribution is -0.197. The first kappa shape index (κ1) is 16.9. The van der Waals surface area contributed by atoms with Crippen LogP contribution in [0.3, 0.4) is 0 Å². The molecule has 8 heteroatoms. The average Bonchev–Trinajstić information content (AvgIpc) is 2.45. The summed E-state index contributed by atoms with van der Waals surface area (Å²) in [6.07, 6.45) is -4.40. The van der Waals surface area contributed by atoms with Gasteiger partial charge in [-0.25, -0.2) is 0 Å². The molecule has 0 radical (unpaired) electrons. The van der Waals surface area contributed by atoms with Gasteiger partial charge in [0, 0.05) is 17.6 Å². The highest BCUT2D eigenvalue weighted by molar-refractivity contribution is 6.30. The highest BCUT2D eigenvalue weighted by Gasteiger charge is 2.47. The molecule has 1 aromatic carbocycles. The molecule has 2 atom stereocenters. The fourth-order valence-corrected chi connectivity index (χ4v) is 2.50. The minimum atomic E-state index is -4.46. The average molecular weight is 337 g/mol. The van der Waals surface area contributed by atoms with Crippen molar-refractivity contribution in [1.82, 2.24) is 4.90 Å². The lowest BCUT2D eigenvalue weighted by Crippen LogP contribution is -2.57. The number of carbonyl (C=O) groups excluding carboxylic acids is 1. The number of carbonyl (C=O) groups is 1. The number of benzene rings is 1. The fraction of sp³-hybridized carbons (Fsp3) is 0.500. The number of rotatable bonds is 3. The zero-order valence-electron chi connectivity index (χ0n) is 11.6. The van der Waals surface area contributed by atoms with E-state index >= 15 is 0 Å². The Hall–Kier alpha value is -1.47. The van der Waals surface area contributed by atoms with Crippen LogP contribution in [0, 0.1) is 0 Å². The van der Waals surface area contributed by atoms with Gasteiger partial charge in [-0.15, -0.1) is 0 Å². The zero-order valence-corrected chi connectivity index (χ0v) is 12.4. The number of likely N-dealkylation sites (tertiary alicyclic amines) is 1. The molecular formula is C14H16ClF3N2O2. The molecule has 122 valence electrons. The molecule has 0 saturated carbocycles. The first-order valence-corrected chi connectivity index (χ1v) is 7.15. The van der Waals surface area contributed by atoms with Crippen molar-refractivity contribution in [3.8, 4) is 5.75 Å². The quantitative estimate of drug-likeness (QED) is 0.923. The van der Waals surface area contributed by atoms with Crippen LogP contribution < -0.4 is 10.5 Å². The van der Waals surface area contributed by atoms with Gasteiger partial charge in [-0.05, 0) is 37.1 Å². The number of alkyl halides is 3. The molecule has 0 bridgehead atoms. The largest absolute Gasteiger partial charge is 0.484 e. The maximum Gasteiger partial charge on any atom is 0.408 e. The lowest BCUT2D eigenvalue weighted by atomic mass is 9.98. The van der Waals surface area contributed by atoms with Crippen LogP contribution in [0.4, 0.5) is 13.2 Å². The minimum absolute atomic E-state index is 0.118. The maximum absolute atomic E-state index is 13.0. The highest BCUT2D eigenvalue weighted by atomic mass is 35.5. The molecule has 1 aliphatic heterocycles. The van der Waals surface area contributed by atoms with Crippen molar-refractivity contribution < 1.29 is 22.7 Å². The van der Waals surface area contributed by atoms with Gasteiger partial charge >= 0.3 is 6.18 Å². The number of ether oxygens (including phenoxy) is 1. The third kappa shape index (κ3) is 4.27. The minimum Gasteiger partial charge on any atom is -0.484 e. The fourth-order valence-electron chi connectivity index (χ4n) is 2.37. The summed E-state index contributed by atoms with van der Waals surface area (Å²) < 4.78 is 44.2. The topological polar surface area (TPSA) is 55.6 Å². The van der Waals surface area contributed by atoms with Gasteiger partial charge in [-0.1, -0.05) is 11.6 Å². The Kier molecular flexibility index (Phi) is 5.18. The van der Waals surface area contributed by atoms with Gasteiger partial charge in [0.1, 0.15) is 11.8 Å². The van der Waals surface area contributed by atoms with Gasteiger partial charge < -0.3 is 15.4 Å². The van der Waals surface area contributed by atoms with Crippen LogP contribution in [0.1, 0.15) is 12.8 Å². The van der Waals surface area contributed by atoms with Crippen molar-refractivity contribution >= 4 is 17.5 Å². The number of amides is 1. The summed E-state index contributed by atoms with van der Waals surface area (Å²) in [6, 6.07) is 3.97. The van der Waals surface area contributed by atoms with E-state index in [2.05, 4.69) is 0 Å². The Morgan fingerprint density at radius 2 is 1.95 bits per heavy atom. The van der Waals surface area contributed by atoms with Crippen molar-refractivity contribution in [3.05, 3.63) is 29.3 Å². The molecule has 1 aliphatic rings. The van der Waals surface area contributed by atoms with E-state index in [0.717, 1.165) is 4.90 Å². The Morgan fingerprint density at radius 1 is 1.32 bits per heavy atom. The molecule has 1 heterocycles. The van der Waals surface area contributed by atoms with E-state index in [-0.39, 0.29) is 19.4 Å². The second-order valence-corrected chi connectivity index (χ2v) is 5.62. The molecule has 1 amide bonds. The van der Waals surface area contributed by atoms with E-state index in [1.165, 1.54) is 0 Å². The van der Waals surface area contributed by atoms with Crippen molar-refractivity contribution in [2.75, 3.05) is 13.2 Å². The third-order valence-corrected chi connectivity index (χ3v) is 3.74. The van der Waals surface area contributed by atoms with Crippen molar-refractivity contribution in [2.24, 2.45) is 5.73 Å². The molecule has 1 fully saturated rings. The van der Waals surface area contributed by atoms with Crippen LogP contribution in [0.25, 0.3) is 0 Å². The molecule has 2 rings (SSSR count). The standard InChI is InChI=1S/C14H16ClF3N2O2/c15-9-1-4-11(5-2-9)22-8-13(21)20-7-10(19)3-6-12(20)14(16,17)18/h1-2,4-5,10,12H,3,6-8,19H2/t10-,12-/m0/s1.